The van der Waals surface area contributed by atoms with E-state index in [4.69, 9.17) is 0 Å². The van der Waals surface area contributed by atoms with E-state index in [0.29, 0.717) is 12.3 Å². The van der Waals surface area contributed by atoms with Gasteiger partial charge in [0, 0.05) is 17.5 Å². The molecule has 0 heterocycles. The molecule has 0 saturated heterocycles. The fourth-order valence-electron chi connectivity index (χ4n) is 2.78. The standard InChI is InChI=1S/C23H30N2O2S/c1-4-18(2)24-23(27)19(3)25(16-15-20-11-7-5-8-12-20)22(26)17-28-21-13-9-6-10-14-21/h5-14,18-19H,4,15-17H2,1-3H3,(H,24,27)/t18-,19-/m1/s1. The predicted molar refractivity (Wildman–Crippen MR) is 116 cm³/mol. The zero-order valence-electron chi connectivity index (χ0n) is 16.9. The van der Waals surface area contributed by atoms with Crippen molar-refractivity contribution in [2.45, 2.75) is 50.6 Å². The first-order valence-electron chi connectivity index (χ1n) is 9.82. The van der Waals surface area contributed by atoms with E-state index in [2.05, 4.69) is 5.32 Å². The van der Waals surface area contributed by atoms with Crippen molar-refractivity contribution in [3.8, 4) is 0 Å². The van der Waals surface area contributed by atoms with Crippen LogP contribution < -0.4 is 5.32 Å². The van der Waals surface area contributed by atoms with Gasteiger partial charge in [0.05, 0.1) is 5.75 Å². The van der Waals surface area contributed by atoms with Gasteiger partial charge in [-0.25, -0.2) is 0 Å². The minimum Gasteiger partial charge on any atom is -0.352 e. The van der Waals surface area contributed by atoms with Crippen molar-refractivity contribution >= 4 is 23.6 Å². The Balaban J connectivity index is 2.05. The highest BCUT2D eigenvalue weighted by Crippen LogP contribution is 2.18. The van der Waals surface area contributed by atoms with Crippen LogP contribution in [0.1, 0.15) is 32.8 Å². The Morgan fingerprint density at radius 3 is 2.21 bits per heavy atom. The molecule has 4 nitrogen and oxygen atoms in total. The summed E-state index contributed by atoms with van der Waals surface area (Å²) in [6.07, 6.45) is 1.59. The molecular weight excluding hydrogens is 368 g/mol. The van der Waals surface area contributed by atoms with E-state index in [-0.39, 0.29) is 17.9 Å². The van der Waals surface area contributed by atoms with Gasteiger partial charge >= 0.3 is 0 Å². The summed E-state index contributed by atoms with van der Waals surface area (Å²) in [5, 5.41) is 3.00. The molecule has 0 aliphatic carbocycles. The highest BCUT2D eigenvalue weighted by molar-refractivity contribution is 8.00. The molecule has 150 valence electrons. The molecule has 5 heteroatoms. The molecule has 1 N–H and O–H groups in total. The summed E-state index contributed by atoms with van der Waals surface area (Å²) < 4.78 is 0. The first-order valence-corrected chi connectivity index (χ1v) is 10.8. The fourth-order valence-corrected chi connectivity index (χ4v) is 3.59. The van der Waals surface area contributed by atoms with Gasteiger partial charge in [-0.05, 0) is 44.4 Å². The van der Waals surface area contributed by atoms with Crippen LogP contribution in [-0.2, 0) is 16.0 Å². The van der Waals surface area contributed by atoms with E-state index in [1.807, 2.05) is 81.4 Å². The summed E-state index contributed by atoms with van der Waals surface area (Å²) in [4.78, 5) is 28.4. The highest BCUT2D eigenvalue weighted by atomic mass is 32.2. The Kier molecular flexibility index (Phi) is 9.08. The average molecular weight is 399 g/mol. The fraction of sp³-hybridized carbons (Fsp3) is 0.391. The second-order valence-electron chi connectivity index (χ2n) is 6.92. The van der Waals surface area contributed by atoms with Crippen LogP contribution in [0.5, 0.6) is 0 Å². The van der Waals surface area contributed by atoms with Gasteiger partial charge in [-0.1, -0.05) is 55.5 Å². The van der Waals surface area contributed by atoms with E-state index in [9.17, 15) is 9.59 Å². The Morgan fingerprint density at radius 2 is 1.61 bits per heavy atom. The zero-order chi connectivity index (χ0) is 20.4. The molecule has 2 atom stereocenters. The lowest BCUT2D eigenvalue weighted by molar-refractivity contribution is -0.138. The Morgan fingerprint density at radius 1 is 1.00 bits per heavy atom. The highest BCUT2D eigenvalue weighted by Gasteiger charge is 2.26. The van der Waals surface area contributed by atoms with E-state index in [0.717, 1.165) is 23.3 Å². The number of thioether (sulfide) groups is 1. The summed E-state index contributed by atoms with van der Waals surface area (Å²) in [7, 11) is 0. The number of nitrogens with zero attached hydrogens (tertiary/aromatic N) is 1. The molecule has 28 heavy (non-hydrogen) atoms. The molecule has 0 aromatic heterocycles. The molecule has 0 radical (unpaired) electrons. The third-order valence-corrected chi connectivity index (χ3v) is 5.75. The number of hydrogen-bond acceptors (Lipinski definition) is 3. The minimum atomic E-state index is -0.499. The van der Waals surface area contributed by atoms with Crippen LogP contribution in [0.15, 0.2) is 65.6 Å². The number of carbonyl (C=O) groups is 2. The van der Waals surface area contributed by atoms with Gasteiger partial charge in [-0.3, -0.25) is 9.59 Å². The summed E-state index contributed by atoms with van der Waals surface area (Å²) in [5.74, 6) is 0.205. The van der Waals surface area contributed by atoms with Gasteiger partial charge in [-0.15, -0.1) is 11.8 Å². The van der Waals surface area contributed by atoms with Crippen molar-refractivity contribution in [2.24, 2.45) is 0 Å². The lowest BCUT2D eigenvalue weighted by Gasteiger charge is -2.29. The van der Waals surface area contributed by atoms with Crippen LogP contribution in [-0.4, -0.2) is 41.1 Å². The van der Waals surface area contributed by atoms with Gasteiger partial charge in [0.1, 0.15) is 6.04 Å². The topological polar surface area (TPSA) is 49.4 Å². The summed E-state index contributed by atoms with van der Waals surface area (Å²) in [6.45, 7) is 6.34. The molecular formula is C23H30N2O2S. The molecule has 0 fully saturated rings. The van der Waals surface area contributed by atoms with Crippen LogP contribution >= 0.6 is 11.8 Å². The molecule has 2 aromatic carbocycles. The SMILES string of the molecule is CC[C@@H](C)NC(=O)[C@@H](C)N(CCc1ccccc1)C(=O)CSc1ccccc1. The molecule has 0 unspecified atom stereocenters. The quantitative estimate of drug-likeness (QED) is 0.612. The van der Waals surface area contributed by atoms with Crippen molar-refractivity contribution in [1.82, 2.24) is 10.2 Å². The van der Waals surface area contributed by atoms with Crippen LogP contribution in [0.3, 0.4) is 0 Å². The molecule has 0 bridgehead atoms. The first kappa shape index (κ1) is 22.0. The van der Waals surface area contributed by atoms with E-state index in [1.54, 1.807) is 4.90 Å². The number of hydrogen-bond donors (Lipinski definition) is 1. The maximum absolute atomic E-state index is 13.0. The second-order valence-corrected chi connectivity index (χ2v) is 7.97. The van der Waals surface area contributed by atoms with Crippen molar-refractivity contribution in [2.75, 3.05) is 12.3 Å². The van der Waals surface area contributed by atoms with Gasteiger partial charge in [-0.2, -0.15) is 0 Å². The minimum absolute atomic E-state index is 0.0171. The molecule has 0 aliphatic rings. The van der Waals surface area contributed by atoms with Gasteiger partial charge < -0.3 is 10.2 Å². The molecule has 0 spiro atoms. The van der Waals surface area contributed by atoms with E-state index >= 15 is 0 Å². The predicted octanol–water partition coefficient (Wildman–Crippen LogP) is 4.15. The third-order valence-electron chi connectivity index (χ3n) is 4.76. The largest absolute Gasteiger partial charge is 0.352 e. The molecule has 0 aliphatic heterocycles. The van der Waals surface area contributed by atoms with Crippen LogP contribution in [0.25, 0.3) is 0 Å². The maximum atomic E-state index is 13.0. The maximum Gasteiger partial charge on any atom is 0.242 e. The van der Waals surface area contributed by atoms with E-state index in [1.165, 1.54) is 11.8 Å². The number of benzene rings is 2. The Bertz CT molecular complexity index is 737. The van der Waals surface area contributed by atoms with Gasteiger partial charge in [0.25, 0.3) is 0 Å². The smallest absolute Gasteiger partial charge is 0.242 e. The van der Waals surface area contributed by atoms with Crippen molar-refractivity contribution in [1.29, 1.82) is 0 Å². The van der Waals surface area contributed by atoms with Crippen molar-refractivity contribution in [3.63, 3.8) is 0 Å². The average Bonchev–Trinajstić information content (AvgIpc) is 2.73. The molecule has 2 rings (SSSR count). The van der Waals surface area contributed by atoms with Gasteiger partial charge in [0.2, 0.25) is 11.8 Å². The molecule has 2 amide bonds. The van der Waals surface area contributed by atoms with Crippen LogP contribution in [0.2, 0.25) is 0 Å². The monoisotopic (exact) mass is 398 g/mol. The Labute approximate surface area is 172 Å². The first-order chi connectivity index (χ1) is 13.5. The summed E-state index contributed by atoms with van der Waals surface area (Å²) in [6, 6.07) is 19.5. The zero-order valence-corrected chi connectivity index (χ0v) is 17.7. The molecule has 0 saturated carbocycles. The number of carbonyl (C=O) groups excluding carboxylic acids is 2. The lowest BCUT2D eigenvalue weighted by Crippen LogP contribution is -2.51. The number of amides is 2. The van der Waals surface area contributed by atoms with Gasteiger partial charge in [0.15, 0.2) is 0 Å². The van der Waals surface area contributed by atoms with Crippen LogP contribution in [0, 0.1) is 0 Å². The van der Waals surface area contributed by atoms with E-state index < -0.39 is 6.04 Å². The van der Waals surface area contributed by atoms with Crippen molar-refractivity contribution < 1.29 is 9.59 Å². The summed E-state index contributed by atoms with van der Waals surface area (Å²) in [5.41, 5.74) is 1.16. The van der Waals surface area contributed by atoms with Crippen molar-refractivity contribution in [3.05, 3.63) is 66.2 Å². The number of rotatable bonds is 10. The van der Waals surface area contributed by atoms with Crippen LogP contribution in [0.4, 0.5) is 0 Å². The molecule has 2 aromatic rings. The Hall–Kier alpha value is -2.27. The third kappa shape index (κ3) is 7.04. The summed E-state index contributed by atoms with van der Waals surface area (Å²) >= 11 is 1.50. The second kappa shape index (κ2) is 11.5. The number of nitrogens with one attached hydrogen (secondary N) is 1. The lowest BCUT2D eigenvalue weighted by atomic mass is 10.1. The normalized spacial score (nSPS) is 12.8.